The van der Waals surface area contributed by atoms with Crippen LogP contribution in [0.25, 0.3) is 0 Å². The summed E-state index contributed by atoms with van der Waals surface area (Å²) >= 11 is 6.13. The molecule has 2 fully saturated rings. The third-order valence-electron chi connectivity index (χ3n) is 4.39. The maximum absolute atomic E-state index is 11.6. The fraction of sp³-hybridized carbons (Fsp3) is 0.538. The largest absolute Gasteiger partial charge is 0.481 e. The molecule has 1 aromatic rings. The topological polar surface area (TPSA) is 53.4 Å². The van der Waals surface area contributed by atoms with Gasteiger partial charge in [-0.25, -0.2) is 0 Å². The lowest BCUT2D eigenvalue weighted by Gasteiger charge is -2.24. The number of hydrogen-bond donors (Lipinski definition) is 1. The molecule has 1 N–H and O–H groups in total. The molecule has 18 heavy (non-hydrogen) atoms. The van der Waals surface area contributed by atoms with Crippen molar-refractivity contribution in [1.29, 1.82) is 0 Å². The van der Waals surface area contributed by atoms with Gasteiger partial charge in [-0.1, -0.05) is 18.0 Å². The average Bonchev–Trinajstić information content (AvgIpc) is 2.86. The zero-order valence-electron chi connectivity index (χ0n) is 9.97. The van der Waals surface area contributed by atoms with E-state index in [0.29, 0.717) is 11.6 Å². The first kappa shape index (κ1) is 11.8. The van der Waals surface area contributed by atoms with Crippen LogP contribution in [0.3, 0.4) is 0 Å². The maximum atomic E-state index is 11.6. The molecule has 2 heterocycles. The van der Waals surface area contributed by atoms with E-state index in [4.69, 9.17) is 11.6 Å². The molecule has 1 saturated carbocycles. The van der Waals surface area contributed by atoms with Crippen LogP contribution in [0.5, 0.6) is 0 Å². The van der Waals surface area contributed by atoms with E-state index in [0.717, 1.165) is 31.5 Å². The molecule has 1 aromatic heterocycles. The molecule has 0 amide bonds. The first-order chi connectivity index (χ1) is 8.63. The molecule has 0 spiro atoms. The van der Waals surface area contributed by atoms with Gasteiger partial charge in [0.25, 0.3) is 0 Å². The van der Waals surface area contributed by atoms with Crippen LogP contribution >= 0.6 is 11.6 Å². The SMILES string of the molecule is O=C(O)[C@@]12CCC[C@H]1CN(c1ccncc1Cl)C2. The highest BCUT2D eigenvalue weighted by atomic mass is 35.5. The number of anilines is 1. The van der Waals surface area contributed by atoms with Crippen LogP contribution in [0.4, 0.5) is 5.69 Å². The molecule has 3 rings (SSSR count). The van der Waals surface area contributed by atoms with Crippen LogP contribution in [0.15, 0.2) is 18.5 Å². The summed E-state index contributed by atoms with van der Waals surface area (Å²) in [6, 6.07) is 1.86. The van der Waals surface area contributed by atoms with Gasteiger partial charge in [-0.2, -0.15) is 0 Å². The Hall–Kier alpha value is -1.29. The van der Waals surface area contributed by atoms with Crippen molar-refractivity contribution in [3.63, 3.8) is 0 Å². The summed E-state index contributed by atoms with van der Waals surface area (Å²) in [5, 5.41) is 10.1. The minimum Gasteiger partial charge on any atom is -0.481 e. The molecule has 1 aliphatic carbocycles. The van der Waals surface area contributed by atoms with Gasteiger partial charge in [-0.05, 0) is 24.8 Å². The van der Waals surface area contributed by atoms with Gasteiger partial charge in [-0.3, -0.25) is 9.78 Å². The van der Waals surface area contributed by atoms with Crippen molar-refractivity contribution in [2.75, 3.05) is 18.0 Å². The van der Waals surface area contributed by atoms with Gasteiger partial charge in [0.15, 0.2) is 0 Å². The van der Waals surface area contributed by atoms with Crippen LogP contribution in [0.1, 0.15) is 19.3 Å². The average molecular weight is 267 g/mol. The van der Waals surface area contributed by atoms with Gasteiger partial charge in [0.2, 0.25) is 0 Å². The summed E-state index contributed by atoms with van der Waals surface area (Å²) in [6.45, 7) is 1.35. The number of halogens is 1. The predicted molar refractivity (Wildman–Crippen MR) is 68.9 cm³/mol. The van der Waals surface area contributed by atoms with Crippen LogP contribution < -0.4 is 4.90 Å². The third kappa shape index (κ3) is 1.59. The molecule has 96 valence electrons. The first-order valence-electron chi connectivity index (χ1n) is 6.21. The summed E-state index contributed by atoms with van der Waals surface area (Å²) in [5.41, 5.74) is 0.341. The number of aromatic nitrogens is 1. The summed E-state index contributed by atoms with van der Waals surface area (Å²) in [7, 11) is 0. The van der Waals surface area contributed by atoms with E-state index in [2.05, 4.69) is 9.88 Å². The number of nitrogens with zero attached hydrogens (tertiary/aromatic N) is 2. The number of carboxylic acid groups (broad SMARTS) is 1. The Morgan fingerprint density at radius 1 is 1.61 bits per heavy atom. The fourth-order valence-electron chi connectivity index (χ4n) is 3.45. The maximum Gasteiger partial charge on any atom is 0.311 e. The quantitative estimate of drug-likeness (QED) is 0.893. The Morgan fingerprint density at radius 2 is 2.44 bits per heavy atom. The second-order valence-corrected chi connectivity index (χ2v) is 5.67. The van der Waals surface area contributed by atoms with Gasteiger partial charge in [0, 0.05) is 25.5 Å². The highest BCUT2D eigenvalue weighted by Crippen LogP contribution is 2.50. The molecular formula is C13H15ClN2O2. The molecule has 0 bridgehead atoms. The summed E-state index contributed by atoms with van der Waals surface area (Å²) < 4.78 is 0. The van der Waals surface area contributed by atoms with Crippen LogP contribution in [-0.2, 0) is 4.79 Å². The lowest BCUT2D eigenvalue weighted by molar-refractivity contribution is -0.149. The normalized spacial score (nSPS) is 30.5. The van der Waals surface area contributed by atoms with Crippen molar-refractivity contribution in [3.05, 3.63) is 23.5 Å². The minimum atomic E-state index is -0.655. The van der Waals surface area contributed by atoms with Crippen molar-refractivity contribution in [2.45, 2.75) is 19.3 Å². The second kappa shape index (κ2) is 4.12. The minimum absolute atomic E-state index is 0.249. The Labute approximate surface area is 111 Å². The Balaban J connectivity index is 1.92. The highest BCUT2D eigenvalue weighted by molar-refractivity contribution is 6.33. The molecule has 0 unspecified atom stereocenters. The van der Waals surface area contributed by atoms with E-state index in [9.17, 15) is 9.90 Å². The summed E-state index contributed by atoms with van der Waals surface area (Å²) in [6.07, 6.45) is 6.12. The summed E-state index contributed by atoms with van der Waals surface area (Å²) in [5.74, 6) is -0.406. The van der Waals surface area contributed by atoms with E-state index in [1.807, 2.05) is 6.07 Å². The van der Waals surface area contributed by atoms with E-state index in [-0.39, 0.29) is 5.92 Å². The lowest BCUT2D eigenvalue weighted by Crippen LogP contribution is -2.35. The third-order valence-corrected chi connectivity index (χ3v) is 4.68. The van der Waals surface area contributed by atoms with E-state index in [1.165, 1.54) is 0 Å². The van der Waals surface area contributed by atoms with Gasteiger partial charge in [0.1, 0.15) is 0 Å². The summed E-state index contributed by atoms with van der Waals surface area (Å²) in [4.78, 5) is 17.7. The monoisotopic (exact) mass is 266 g/mol. The van der Waals surface area contributed by atoms with Crippen LogP contribution in [-0.4, -0.2) is 29.1 Å². The Bertz CT molecular complexity index is 494. The number of pyridine rings is 1. The molecule has 0 radical (unpaired) electrons. The highest BCUT2D eigenvalue weighted by Gasteiger charge is 2.55. The number of rotatable bonds is 2. The molecule has 5 heteroatoms. The second-order valence-electron chi connectivity index (χ2n) is 5.26. The number of carboxylic acids is 1. The van der Waals surface area contributed by atoms with E-state index in [1.54, 1.807) is 12.4 Å². The number of carbonyl (C=O) groups is 1. The van der Waals surface area contributed by atoms with Crippen molar-refractivity contribution < 1.29 is 9.90 Å². The predicted octanol–water partition coefficient (Wildman–Crippen LogP) is 2.43. The van der Waals surface area contributed by atoms with Crippen molar-refractivity contribution >= 4 is 23.3 Å². The van der Waals surface area contributed by atoms with Gasteiger partial charge >= 0.3 is 5.97 Å². The van der Waals surface area contributed by atoms with Gasteiger partial charge in [-0.15, -0.1) is 0 Å². The number of fused-ring (bicyclic) bond motifs is 1. The molecule has 1 saturated heterocycles. The van der Waals surface area contributed by atoms with Crippen molar-refractivity contribution in [1.82, 2.24) is 4.98 Å². The molecule has 0 aromatic carbocycles. The van der Waals surface area contributed by atoms with Crippen LogP contribution in [0.2, 0.25) is 5.02 Å². The fourth-order valence-corrected chi connectivity index (χ4v) is 3.69. The zero-order valence-corrected chi connectivity index (χ0v) is 10.7. The molecular weight excluding hydrogens is 252 g/mol. The molecule has 2 aliphatic rings. The zero-order chi connectivity index (χ0) is 12.8. The Kier molecular flexibility index (Phi) is 2.70. The van der Waals surface area contributed by atoms with Gasteiger partial charge < -0.3 is 10.0 Å². The first-order valence-corrected chi connectivity index (χ1v) is 6.59. The number of hydrogen-bond acceptors (Lipinski definition) is 3. The molecule has 1 aliphatic heterocycles. The van der Waals surface area contributed by atoms with Gasteiger partial charge in [0.05, 0.1) is 16.1 Å². The number of aliphatic carboxylic acids is 1. The van der Waals surface area contributed by atoms with E-state index < -0.39 is 11.4 Å². The molecule has 2 atom stereocenters. The Morgan fingerprint density at radius 3 is 3.11 bits per heavy atom. The van der Waals surface area contributed by atoms with Crippen molar-refractivity contribution in [3.8, 4) is 0 Å². The lowest BCUT2D eigenvalue weighted by atomic mass is 9.81. The standard InChI is InChI=1S/C13H15ClN2O2/c14-10-6-15-5-3-11(10)16-7-9-2-1-4-13(9,8-16)12(17)18/h3,5-6,9H,1-2,4,7-8H2,(H,17,18)/t9-,13+/m0/s1. The van der Waals surface area contributed by atoms with E-state index >= 15 is 0 Å². The molecule has 4 nitrogen and oxygen atoms in total. The smallest absolute Gasteiger partial charge is 0.311 e. The van der Waals surface area contributed by atoms with Crippen molar-refractivity contribution in [2.24, 2.45) is 11.3 Å². The van der Waals surface area contributed by atoms with Crippen LogP contribution in [0, 0.1) is 11.3 Å².